The number of nitrogens with zero attached hydrogens (tertiary/aromatic N) is 5. The third kappa shape index (κ3) is 6.14. The molecule has 2 aromatic rings. The number of imidazole rings is 1. The first-order chi connectivity index (χ1) is 17.1. The van der Waals surface area contributed by atoms with Crippen LogP contribution in [-0.2, 0) is 0 Å². The number of anilines is 2. The summed E-state index contributed by atoms with van der Waals surface area (Å²) in [5.74, 6) is 1.48. The molecule has 2 aromatic heterocycles. The Morgan fingerprint density at radius 1 is 1.00 bits per heavy atom. The van der Waals surface area contributed by atoms with Crippen molar-refractivity contribution in [2.24, 2.45) is 5.73 Å². The number of fused-ring (bicyclic) bond motifs is 1. The van der Waals surface area contributed by atoms with Crippen LogP contribution in [0, 0.1) is 0 Å². The quantitative estimate of drug-likeness (QED) is 0.435. The van der Waals surface area contributed by atoms with Gasteiger partial charge in [0.1, 0.15) is 0 Å². The molecule has 0 bridgehead atoms. The number of aromatic nitrogens is 4. The van der Waals surface area contributed by atoms with Gasteiger partial charge in [-0.3, -0.25) is 0 Å². The second-order valence-electron chi connectivity index (χ2n) is 10.6. The van der Waals surface area contributed by atoms with Crippen LogP contribution in [-0.4, -0.2) is 68.2 Å². The van der Waals surface area contributed by atoms with E-state index in [1.807, 2.05) is 11.2 Å². The van der Waals surface area contributed by atoms with Gasteiger partial charge in [-0.2, -0.15) is 9.97 Å². The van der Waals surface area contributed by atoms with Crippen LogP contribution in [0.1, 0.15) is 83.6 Å². The van der Waals surface area contributed by atoms with Crippen LogP contribution in [0.4, 0.5) is 16.6 Å². The van der Waals surface area contributed by atoms with Gasteiger partial charge < -0.3 is 31.2 Å². The zero-order chi connectivity index (χ0) is 24.2. The Morgan fingerprint density at radius 2 is 1.69 bits per heavy atom. The Morgan fingerprint density at radius 3 is 2.39 bits per heavy atom. The summed E-state index contributed by atoms with van der Waals surface area (Å²) in [6, 6.07) is 1.43. The molecular weight excluding hydrogens is 478 g/mol. The molecule has 2 amide bonds. The summed E-state index contributed by atoms with van der Waals surface area (Å²) in [7, 11) is 0. The molecular formula is C25H42ClN9O. The largest absolute Gasteiger partial charge is 0.365 e. The molecule has 0 spiro atoms. The lowest BCUT2D eigenvalue weighted by Crippen LogP contribution is -2.47. The minimum Gasteiger partial charge on any atom is -0.365 e. The van der Waals surface area contributed by atoms with Crippen LogP contribution in [0.25, 0.3) is 11.2 Å². The Kier molecular flexibility index (Phi) is 9.11. The zero-order valence-corrected chi connectivity index (χ0v) is 22.2. The van der Waals surface area contributed by atoms with Gasteiger partial charge in [-0.15, -0.1) is 12.4 Å². The fourth-order valence-electron chi connectivity index (χ4n) is 5.74. The molecule has 1 saturated heterocycles. The minimum atomic E-state index is 0. The molecule has 0 atom stereocenters. The summed E-state index contributed by atoms with van der Waals surface area (Å²) >= 11 is 0. The van der Waals surface area contributed by atoms with E-state index < -0.39 is 0 Å². The highest BCUT2D eigenvalue weighted by Crippen LogP contribution is 2.33. The number of amides is 2. The molecule has 5 N–H and O–H groups in total. The van der Waals surface area contributed by atoms with E-state index in [9.17, 15) is 4.79 Å². The van der Waals surface area contributed by atoms with Gasteiger partial charge in [0.2, 0.25) is 5.95 Å². The standard InChI is InChI=1S/C25H41N9O.ClH/c1-2-13-27-25(35)33-14-11-19(12-15-33)29-22-21-23(34(16-28-21)20-5-3-4-6-20)32-24(31-22)30-18-9-7-17(26)8-10-18;/h16-20H,2-15,26H2,1H3,(H,27,35)(H2,29,30,31,32);1H. The second-order valence-corrected chi connectivity index (χ2v) is 10.6. The maximum atomic E-state index is 12.3. The van der Waals surface area contributed by atoms with Crippen LogP contribution >= 0.6 is 12.4 Å². The lowest BCUT2D eigenvalue weighted by Gasteiger charge is -2.32. The summed E-state index contributed by atoms with van der Waals surface area (Å²) in [5, 5.41) is 10.3. The molecule has 3 heterocycles. The number of nitrogens with one attached hydrogen (secondary N) is 3. The highest BCUT2D eigenvalue weighted by molar-refractivity contribution is 5.85. The smallest absolute Gasteiger partial charge is 0.317 e. The topological polar surface area (TPSA) is 126 Å². The highest BCUT2D eigenvalue weighted by atomic mass is 35.5. The number of carbonyl (C=O) groups excluding carboxylic acids is 1. The molecule has 0 radical (unpaired) electrons. The van der Waals surface area contributed by atoms with Crippen molar-refractivity contribution < 1.29 is 4.79 Å². The third-order valence-electron chi connectivity index (χ3n) is 7.89. The van der Waals surface area contributed by atoms with Gasteiger partial charge in [0, 0.05) is 43.8 Å². The summed E-state index contributed by atoms with van der Waals surface area (Å²) in [6.45, 7) is 4.28. The van der Waals surface area contributed by atoms with E-state index in [0.717, 1.165) is 81.6 Å². The molecule has 0 aromatic carbocycles. The highest BCUT2D eigenvalue weighted by Gasteiger charge is 2.27. The van der Waals surface area contributed by atoms with E-state index in [2.05, 4.69) is 27.4 Å². The maximum Gasteiger partial charge on any atom is 0.317 e. The first kappa shape index (κ1) is 26.7. The number of hydrogen-bond donors (Lipinski definition) is 4. The molecule has 3 fully saturated rings. The molecule has 2 aliphatic carbocycles. The van der Waals surface area contributed by atoms with Crippen LogP contribution < -0.4 is 21.7 Å². The average Bonchev–Trinajstić information content (AvgIpc) is 3.54. The molecule has 10 nitrogen and oxygen atoms in total. The van der Waals surface area contributed by atoms with E-state index in [-0.39, 0.29) is 24.5 Å². The van der Waals surface area contributed by atoms with Crippen molar-refractivity contribution in [1.29, 1.82) is 0 Å². The van der Waals surface area contributed by atoms with Crippen molar-refractivity contribution in [1.82, 2.24) is 29.7 Å². The number of rotatable bonds is 7. The molecule has 1 aliphatic heterocycles. The van der Waals surface area contributed by atoms with Crippen LogP contribution in [0.3, 0.4) is 0 Å². The number of piperidine rings is 1. The SMILES string of the molecule is CCCNC(=O)N1CCC(Nc2nc(NC3CCC(N)CC3)nc3c2ncn3C2CCCC2)CC1.Cl. The molecule has 0 unspecified atom stereocenters. The lowest BCUT2D eigenvalue weighted by molar-refractivity contribution is 0.183. The van der Waals surface area contributed by atoms with Gasteiger partial charge in [0.15, 0.2) is 17.0 Å². The van der Waals surface area contributed by atoms with Crippen molar-refractivity contribution in [2.75, 3.05) is 30.3 Å². The molecule has 3 aliphatic rings. The van der Waals surface area contributed by atoms with Gasteiger partial charge in [-0.1, -0.05) is 19.8 Å². The van der Waals surface area contributed by atoms with Gasteiger partial charge in [0.25, 0.3) is 0 Å². The minimum absolute atomic E-state index is 0. The first-order valence-electron chi connectivity index (χ1n) is 13.7. The predicted octanol–water partition coefficient (Wildman–Crippen LogP) is 4.04. The van der Waals surface area contributed by atoms with E-state index in [1.54, 1.807) is 0 Å². The normalized spacial score (nSPS) is 23.4. The number of nitrogens with two attached hydrogens (primary N) is 1. The average molecular weight is 520 g/mol. The van der Waals surface area contributed by atoms with Crippen molar-refractivity contribution >= 4 is 41.4 Å². The van der Waals surface area contributed by atoms with Crippen molar-refractivity contribution in [3.63, 3.8) is 0 Å². The predicted molar refractivity (Wildman–Crippen MR) is 146 cm³/mol. The fraction of sp³-hybridized carbons (Fsp3) is 0.760. The number of carbonyl (C=O) groups is 1. The Balaban J connectivity index is 0.00000304. The molecule has 200 valence electrons. The Labute approximate surface area is 220 Å². The Bertz CT molecular complexity index is 993. The molecule has 5 rings (SSSR count). The summed E-state index contributed by atoms with van der Waals surface area (Å²) in [5.41, 5.74) is 7.87. The zero-order valence-electron chi connectivity index (χ0n) is 21.4. The molecule has 36 heavy (non-hydrogen) atoms. The second kappa shape index (κ2) is 12.3. The summed E-state index contributed by atoms with van der Waals surface area (Å²) < 4.78 is 2.26. The van der Waals surface area contributed by atoms with Gasteiger partial charge in [0.05, 0.1) is 6.33 Å². The maximum absolute atomic E-state index is 12.3. The summed E-state index contributed by atoms with van der Waals surface area (Å²) in [4.78, 5) is 28.9. The Hall–Kier alpha value is -2.33. The van der Waals surface area contributed by atoms with Crippen LogP contribution in [0.15, 0.2) is 6.33 Å². The van der Waals surface area contributed by atoms with Crippen LogP contribution in [0.2, 0.25) is 0 Å². The summed E-state index contributed by atoms with van der Waals surface area (Å²) in [6.07, 6.45) is 13.7. The van der Waals surface area contributed by atoms with E-state index in [1.165, 1.54) is 25.7 Å². The third-order valence-corrected chi connectivity index (χ3v) is 7.89. The van der Waals surface area contributed by atoms with E-state index in [0.29, 0.717) is 24.1 Å². The van der Waals surface area contributed by atoms with Crippen molar-refractivity contribution in [3.05, 3.63) is 6.33 Å². The van der Waals surface area contributed by atoms with Gasteiger partial charge in [-0.05, 0) is 57.8 Å². The molecule has 2 saturated carbocycles. The van der Waals surface area contributed by atoms with Crippen molar-refractivity contribution in [3.8, 4) is 0 Å². The van der Waals surface area contributed by atoms with E-state index >= 15 is 0 Å². The van der Waals surface area contributed by atoms with Gasteiger partial charge in [-0.25, -0.2) is 9.78 Å². The number of halogens is 1. The number of hydrogen-bond acceptors (Lipinski definition) is 7. The van der Waals surface area contributed by atoms with Crippen molar-refractivity contribution in [2.45, 2.75) is 102 Å². The van der Waals surface area contributed by atoms with Gasteiger partial charge >= 0.3 is 6.03 Å². The number of likely N-dealkylation sites (tertiary alicyclic amines) is 1. The number of urea groups is 1. The van der Waals surface area contributed by atoms with Crippen LogP contribution in [0.5, 0.6) is 0 Å². The molecule has 11 heteroatoms. The fourth-order valence-corrected chi connectivity index (χ4v) is 5.74. The monoisotopic (exact) mass is 519 g/mol. The lowest BCUT2D eigenvalue weighted by atomic mass is 9.92. The first-order valence-corrected chi connectivity index (χ1v) is 13.7. The van der Waals surface area contributed by atoms with E-state index in [4.69, 9.17) is 20.7 Å².